The zero-order chi connectivity index (χ0) is 13.2. The fourth-order valence-corrected chi connectivity index (χ4v) is 4.46. The summed E-state index contributed by atoms with van der Waals surface area (Å²) in [7, 11) is 0. The summed E-state index contributed by atoms with van der Waals surface area (Å²) in [6, 6.07) is 16.9. The van der Waals surface area contributed by atoms with Crippen LogP contribution in [0.2, 0.25) is 4.34 Å². The van der Waals surface area contributed by atoms with E-state index < -0.39 is 0 Å². The minimum Gasteiger partial charge on any atom is -0.145 e. The summed E-state index contributed by atoms with van der Waals surface area (Å²) in [5.74, 6) is 0. The molecule has 2 heterocycles. The van der Waals surface area contributed by atoms with Crippen molar-refractivity contribution in [2.24, 2.45) is 0 Å². The first-order valence-electron chi connectivity index (χ1n) is 6.11. The van der Waals surface area contributed by atoms with Gasteiger partial charge in [-0.15, -0.1) is 22.7 Å². The van der Waals surface area contributed by atoms with Gasteiger partial charge >= 0.3 is 0 Å². The Morgan fingerprint density at radius 3 is 2.42 bits per heavy atom. The second kappa shape index (κ2) is 5.49. The zero-order valence-electron chi connectivity index (χ0n) is 10.5. The quantitative estimate of drug-likeness (QED) is 0.554. The van der Waals surface area contributed by atoms with Crippen molar-refractivity contribution in [1.29, 1.82) is 0 Å². The Balaban J connectivity index is 1.89. The van der Waals surface area contributed by atoms with Crippen molar-refractivity contribution < 1.29 is 0 Å². The van der Waals surface area contributed by atoms with E-state index >= 15 is 0 Å². The van der Waals surface area contributed by atoms with Gasteiger partial charge in [-0.3, -0.25) is 0 Å². The highest BCUT2D eigenvalue weighted by Gasteiger charge is 2.10. The fraction of sp³-hybridized carbons (Fsp3) is 0.125. The molecule has 3 rings (SSSR count). The van der Waals surface area contributed by atoms with E-state index in [4.69, 9.17) is 11.6 Å². The third-order valence-corrected chi connectivity index (χ3v) is 5.33. The summed E-state index contributed by atoms with van der Waals surface area (Å²) >= 11 is 9.92. The topological polar surface area (TPSA) is 0 Å². The summed E-state index contributed by atoms with van der Waals surface area (Å²) in [4.78, 5) is 4.08. The fourth-order valence-electron chi connectivity index (χ4n) is 2.07. The van der Waals surface area contributed by atoms with Crippen molar-refractivity contribution in [1.82, 2.24) is 0 Å². The summed E-state index contributed by atoms with van der Waals surface area (Å²) in [6.07, 6.45) is 0.982. The van der Waals surface area contributed by atoms with E-state index in [2.05, 4.69) is 37.3 Å². The average molecular weight is 305 g/mol. The van der Waals surface area contributed by atoms with Gasteiger partial charge in [0.2, 0.25) is 0 Å². The van der Waals surface area contributed by atoms with Gasteiger partial charge in [0, 0.05) is 26.6 Å². The number of hydrogen-bond acceptors (Lipinski definition) is 2. The minimum absolute atomic E-state index is 0.884. The predicted molar refractivity (Wildman–Crippen MR) is 86.6 cm³/mol. The van der Waals surface area contributed by atoms with Gasteiger partial charge in [0.05, 0.1) is 0 Å². The van der Waals surface area contributed by atoms with Gasteiger partial charge in [0.15, 0.2) is 0 Å². The molecule has 3 aromatic rings. The second-order valence-electron chi connectivity index (χ2n) is 4.46. The van der Waals surface area contributed by atoms with Gasteiger partial charge < -0.3 is 0 Å². The van der Waals surface area contributed by atoms with Crippen molar-refractivity contribution in [2.45, 2.75) is 13.3 Å². The summed E-state index contributed by atoms with van der Waals surface area (Å²) in [5, 5.41) is 0. The van der Waals surface area contributed by atoms with Crippen molar-refractivity contribution in [2.75, 3.05) is 0 Å². The molecule has 0 aliphatic heterocycles. The third-order valence-electron chi connectivity index (χ3n) is 2.97. The SMILES string of the molecule is Cc1ccc(Cc2cc(-c3ccccc3)c(Cl)s2)s1. The van der Waals surface area contributed by atoms with Crippen LogP contribution in [0.3, 0.4) is 0 Å². The molecular weight excluding hydrogens is 292 g/mol. The van der Waals surface area contributed by atoms with Crippen molar-refractivity contribution in [3.8, 4) is 11.1 Å². The lowest BCUT2D eigenvalue weighted by Crippen LogP contribution is -1.77. The second-order valence-corrected chi connectivity index (χ2v) is 7.57. The third kappa shape index (κ3) is 2.92. The smallest absolute Gasteiger partial charge is 0.101 e. The molecule has 0 amide bonds. The molecular formula is C16H13ClS2. The first-order valence-corrected chi connectivity index (χ1v) is 8.12. The molecule has 1 aromatic carbocycles. The maximum atomic E-state index is 6.37. The predicted octanol–water partition coefficient (Wildman–Crippen LogP) is 6.03. The molecule has 2 aromatic heterocycles. The van der Waals surface area contributed by atoms with Crippen LogP contribution in [0.4, 0.5) is 0 Å². The normalized spacial score (nSPS) is 10.8. The monoisotopic (exact) mass is 304 g/mol. The first-order chi connectivity index (χ1) is 9.22. The van der Waals surface area contributed by atoms with E-state index in [0.717, 1.165) is 16.3 Å². The van der Waals surface area contributed by atoms with E-state index in [9.17, 15) is 0 Å². The average Bonchev–Trinajstić information content (AvgIpc) is 2.97. The van der Waals surface area contributed by atoms with Gasteiger partial charge in [-0.2, -0.15) is 0 Å². The molecule has 0 fully saturated rings. The molecule has 0 saturated heterocycles. The Morgan fingerprint density at radius 2 is 1.74 bits per heavy atom. The van der Waals surface area contributed by atoms with Crippen molar-refractivity contribution in [3.63, 3.8) is 0 Å². The summed E-state index contributed by atoms with van der Waals surface area (Å²) in [5.41, 5.74) is 2.34. The Kier molecular flexibility index (Phi) is 3.74. The lowest BCUT2D eigenvalue weighted by molar-refractivity contribution is 1.31. The molecule has 0 nitrogen and oxygen atoms in total. The van der Waals surface area contributed by atoms with Crippen LogP contribution in [-0.2, 0) is 6.42 Å². The number of thiophene rings is 2. The lowest BCUT2D eigenvalue weighted by atomic mass is 10.1. The van der Waals surface area contributed by atoms with Crippen LogP contribution in [0.15, 0.2) is 48.5 Å². The van der Waals surface area contributed by atoms with Gasteiger partial charge in [-0.05, 0) is 30.7 Å². The number of aryl methyl sites for hydroxylation is 1. The van der Waals surface area contributed by atoms with Gasteiger partial charge in [0.1, 0.15) is 4.34 Å². The Hall–Kier alpha value is -1.09. The molecule has 0 radical (unpaired) electrons. The van der Waals surface area contributed by atoms with Crippen LogP contribution in [0.25, 0.3) is 11.1 Å². The van der Waals surface area contributed by atoms with Crippen LogP contribution in [0.1, 0.15) is 14.6 Å². The highest BCUT2D eigenvalue weighted by atomic mass is 35.5. The Bertz CT molecular complexity index is 680. The first kappa shape index (κ1) is 12.9. The zero-order valence-corrected chi connectivity index (χ0v) is 12.9. The van der Waals surface area contributed by atoms with Crippen LogP contribution in [-0.4, -0.2) is 0 Å². The number of rotatable bonds is 3. The van der Waals surface area contributed by atoms with Crippen LogP contribution >= 0.6 is 34.3 Å². The highest BCUT2D eigenvalue weighted by molar-refractivity contribution is 7.17. The van der Waals surface area contributed by atoms with Gasteiger partial charge in [-0.1, -0.05) is 41.9 Å². The molecule has 0 atom stereocenters. The van der Waals surface area contributed by atoms with E-state index in [-0.39, 0.29) is 0 Å². The molecule has 3 heteroatoms. The molecule has 0 saturated carbocycles. The highest BCUT2D eigenvalue weighted by Crippen LogP contribution is 2.37. The summed E-state index contributed by atoms with van der Waals surface area (Å²) < 4.78 is 0.884. The van der Waals surface area contributed by atoms with E-state index in [0.29, 0.717) is 0 Å². The van der Waals surface area contributed by atoms with Crippen molar-refractivity contribution in [3.05, 3.63) is 67.5 Å². The molecule has 0 N–H and O–H groups in total. The largest absolute Gasteiger partial charge is 0.145 e. The minimum atomic E-state index is 0.884. The van der Waals surface area contributed by atoms with Crippen LogP contribution < -0.4 is 0 Å². The standard InChI is InChI=1S/C16H13ClS2/c1-11-7-8-13(18-11)9-14-10-15(16(17)19-14)12-5-3-2-4-6-12/h2-8,10H,9H2,1H3. The molecule has 0 unspecified atom stereocenters. The van der Waals surface area contributed by atoms with Gasteiger partial charge in [0.25, 0.3) is 0 Å². The van der Waals surface area contributed by atoms with E-state index in [1.165, 1.54) is 20.2 Å². The number of hydrogen-bond donors (Lipinski definition) is 0. The van der Waals surface area contributed by atoms with E-state index in [1.54, 1.807) is 11.3 Å². The van der Waals surface area contributed by atoms with Crippen LogP contribution in [0.5, 0.6) is 0 Å². The van der Waals surface area contributed by atoms with E-state index in [1.807, 2.05) is 29.5 Å². The lowest BCUT2D eigenvalue weighted by Gasteiger charge is -1.97. The Labute approximate surface area is 126 Å². The number of benzene rings is 1. The number of halogens is 1. The Morgan fingerprint density at radius 1 is 0.947 bits per heavy atom. The molecule has 0 bridgehead atoms. The van der Waals surface area contributed by atoms with Crippen LogP contribution in [0, 0.1) is 6.92 Å². The summed E-state index contributed by atoms with van der Waals surface area (Å²) in [6.45, 7) is 2.14. The maximum Gasteiger partial charge on any atom is 0.101 e. The van der Waals surface area contributed by atoms with Crippen molar-refractivity contribution >= 4 is 34.3 Å². The molecule has 0 aliphatic rings. The molecule has 0 spiro atoms. The molecule has 0 aliphatic carbocycles. The molecule has 96 valence electrons. The van der Waals surface area contributed by atoms with Gasteiger partial charge in [-0.25, -0.2) is 0 Å². The maximum absolute atomic E-state index is 6.37. The molecule has 19 heavy (non-hydrogen) atoms.